The van der Waals surface area contributed by atoms with Crippen LogP contribution >= 0.6 is 27.5 Å². The van der Waals surface area contributed by atoms with Gasteiger partial charge in [0.1, 0.15) is 5.58 Å². The number of hydrogen-bond donors (Lipinski definition) is 0. The Morgan fingerprint density at radius 2 is 1.83 bits per heavy atom. The standard InChI is InChI=1S/C18H11BrClNO3/c1-21-15(9-2-4-10(19)5-3-9)14-16(22)12-8-11(20)6-7-13(12)24-17(14)18(21)23/h2-8,15H,1H3. The van der Waals surface area contributed by atoms with Crippen LogP contribution in [0.15, 0.2) is 56.1 Å². The summed E-state index contributed by atoms with van der Waals surface area (Å²) in [7, 11) is 1.67. The number of amides is 1. The normalized spacial score (nSPS) is 16.7. The third-order valence-corrected chi connectivity index (χ3v) is 5.01. The van der Waals surface area contributed by atoms with Gasteiger partial charge in [0.15, 0.2) is 5.43 Å². The van der Waals surface area contributed by atoms with Gasteiger partial charge in [0.25, 0.3) is 5.91 Å². The van der Waals surface area contributed by atoms with E-state index >= 15 is 0 Å². The summed E-state index contributed by atoms with van der Waals surface area (Å²) in [5.41, 5.74) is 1.35. The summed E-state index contributed by atoms with van der Waals surface area (Å²) in [6.45, 7) is 0. The molecule has 0 bridgehead atoms. The number of carbonyl (C=O) groups is 1. The van der Waals surface area contributed by atoms with E-state index in [9.17, 15) is 9.59 Å². The van der Waals surface area contributed by atoms with Gasteiger partial charge in [-0.3, -0.25) is 9.59 Å². The first-order valence-corrected chi connectivity index (χ1v) is 8.43. The van der Waals surface area contributed by atoms with Gasteiger partial charge in [-0.25, -0.2) is 0 Å². The highest BCUT2D eigenvalue weighted by Crippen LogP contribution is 2.37. The molecule has 3 aromatic rings. The van der Waals surface area contributed by atoms with Gasteiger partial charge in [-0.2, -0.15) is 0 Å². The van der Waals surface area contributed by atoms with Crippen molar-refractivity contribution >= 4 is 44.4 Å². The summed E-state index contributed by atoms with van der Waals surface area (Å²) < 4.78 is 6.67. The van der Waals surface area contributed by atoms with Crippen LogP contribution < -0.4 is 5.43 Å². The molecule has 24 heavy (non-hydrogen) atoms. The molecule has 4 rings (SSSR count). The van der Waals surface area contributed by atoms with E-state index in [1.807, 2.05) is 24.3 Å². The van der Waals surface area contributed by atoms with Gasteiger partial charge in [-0.15, -0.1) is 0 Å². The van der Waals surface area contributed by atoms with Crippen LogP contribution in [0.2, 0.25) is 5.02 Å². The molecule has 0 saturated heterocycles. The van der Waals surface area contributed by atoms with E-state index in [4.69, 9.17) is 16.0 Å². The highest BCUT2D eigenvalue weighted by atomic mass is 79.9. The number of halogens is 2. The summed E-state index contributed by atoms with van der Waals surface area (Å²) in [5.74, 6) is -0.197. The van der Waals surface area contributed by atoms with Crippen molar-refractivity contribution in [2.75, 3.05) is 7.05 Å². The lowest BCUT2D eigenvalue weighted by atomic mass is 9.99. The fourth-order valence-electron chi connectivity index (χ4n) is 3.10. The lowest BCUT2D eigenvalue weighted by molar-refractivity contribution is 0.0771. The lowest BCUT2D eigenvalue weighted by Crippen LogP contribution is -2.25. The van der Waals surface area contributed by atoms with Gasteiger partial charge in [-0.05, 0) is 35.9 Å². The Hall–Kier alpha value is -2.11. The summed E-state index contributed by atoms with van der Waals surface area (Å²) in [6.07, 6.45) is 0. The van der Waals surface area contributed by atoms with Crippen molar-refractivity contribution in [2.45, 2.75) is 6.04 Å². The zero-order valence-electron chi connectivity index (χ0n) is 12.5. The first-order valence-electron chi connectivity index (χ1n) is 7.26. The minimum Gasteiger partial charge on any atom is -0.450 e. The molecule has 1 atom stereocenters. The molecule has 120 valence electrons. The predicted molar refractivity (Wildman–Crippen MR) is 95.6 cm³/mol. The maximum atomic E-state index is 13.0. The van der Waals surface area contributed by atoms with Crippen LogP contribution in [0.3, 0.4) is 0 Å². The zero-order chi connectivity index (χ0) is 17.0. The maximum absolute atomic E-state index is 13.0. The van der Waals surface area contributed by atoms with Crippen LogP contribution in [-0.2, 0) is 0 Å². The number of carbonyl (C=O) groups excluding carboxylic acids is 1. The van der Waals surface area contributed by atoms with Crippen LogP contribution in [0.5, 0.6) is 0 Å². The molecule has 2 aromatic carbocycles. The van der Waals surface area contributed by atoms with Gasteiger partial charge in [-0.1, -0.05) is 39.7 Å². The Balaban J connectivity index is 2.03. The van der Waals surface area contributed by atoms with Crippen LogP contribution in [0.1, 0.15) is 27.7 Å². The summed E-state index contributed by atoms with van der Waals surface area (Å²) in [6, 6.07) is 11.9. The van der Waals surface area contributed by atoms with Crippen LogP contribution in [-0.4, -0.2) is 17.9 Å². The monoisotopic (exact) mass is 403 g/mol. The third-order valence-electron chi connectivity index (χ3n) is 4.25. The topological polar surface area (TPSA) is 50.5 Å². The van der Waals surface area contributed by atoms with E-state index < -0.39 is 6.04 Å². The molecule has 1 amide bonds. The molecule has 0 N–H and O–H groups in total. The van der Waals surface area contributed by atoms with E-state index in [0.29, 0.717) is 21.6 Å². The molecule has 0 aliphatic carbocycles. The van der Waals surface area contributed by atoms with Crippen molar-refractivity contribution in [3.63, 3.8) is 0 Å². The Labute approximate surface area is 150 Å². The van der Waals surface area contributed by atoms with Gasteiger partial charge in [0.05, 0.1) is 17.0 Å². The molecule has 0 radical (unpaired) electrons. The predicted octanol–water partition coefficient (Wildman–Crippen LogP) is 4.38. The van der Waals surface area contributed by atoms with Crippen molar-refractivity contribution in [3.8, 4) is 0 Å². The Morgan fingerprint density at radius 1 is 1.12 bits per heavy atom. The third kappa shape index (κ3) is 2.19. The van der Waals surface area contributed by atoms with Gasteiger partial charge in [0.2, 0.25) is 5.76 Å². The molecule has 4 nitrogen and oxygen atoms in total. The highest BCUT2D eigenvalue weighted by molar-refractivity contribution is 9.10. The molecule has 0 fully saturated rings. The van der Waals surface area contributed by atoms with E-state index in [1.54, 1.807) is 25.2 Å². The first-order chi connectivity index (χ1) is 11.5. The molecule has 1 aliphatic rings. The average molecular weight is 405 g/mol. The SMILES string of the molecule is CN1C(=O)c2oc3ccc(Cl)cc3c(=O)c2C1c1ccc(Br)cc1. The summed E-state index contributed by atoms with van der Waals surface area (Å²) >= 11 is 9.40. The van der Waals surface area contributed by atoms with Crippen molar-refractivity contribution in [2.24, 2.45) is 0 Å². The summed E-state index contributed by atoms with van der Waals surface area (Å²) in [5, 5.41) is 0.832. The van der Waals surface area contributed by atoms with E-state index in [2.05, 4.69) is 15.9 Å². The molecule has 2 heterocycles. The van der Waals surface area contributed by atoms with Crippen molar-refractivity contribution < 1.29 is 9.21 Å². The maximum Gasteiger partial charge on any atom is 0.290 e. The molecule has 1 unspecified atom stereocenters. The van der Waals surface area contributed by atoms with Crippen molar-refractivity contribution in [1.82, 2.24) is 4.90 Å². The molecule has 1 aliphatic heterocycles. The first kappa shape index (κ1) is 15.4. The largest absolute Gasteiger partial charge is 0.450 e. The number of rotatable bonds is 1. The van der Waals surface area contributed by atoms with Crippen molar-refractivity contribution in [3.05, 3.63) is 79.1 Å². The van der Waals surface area contributed by atoms with E-state index in [1.165, 1.54) is 4.90 Å². The van der Waals surface area contributed by atoms with E-state index in [0.717, 1.165) is 10.0 Å². The fourth-order valence-corrected chi connectivity index (χ4v) is 3.53. The second kappa shape index (κ2) is 5.46. The van der Waals surface area contributed by atoms with Gasteiger partial charge >= 0.3 is 0 Å². The minimum atomic E-state index is -0.472. The van der Waals surface area contributed by atoms with Crippen LogP contribution in [0.4, 0.5) is 0 Å². The second-order valence-corrected chi connectivity index (χ2v) is 7.04. The van der Waals surface area contributed by atoms with Gasteiger partial charge in [0, 0.05) is 16.5 Å². The molecule has 0 saturated carbocycles. The lowest BCUT2D eigenvalue weighted by Gasteiger charge is -2.20. The fraction of sp³-hybridized carbons (Fsp3) is 0.111. The highest BCUT2D eigenvalue weighted by Gasteiger charge is 2.40. The minimum absolute atomic E-state index is 0.102. The molecule has 0 spiro atoms. The quantitative estimate of drug-likeness (QED) is 0.604. The smallest absolute Gasteiger partial charge is 0.290 e. The Kier molecular flexibility index (Phi) is 3.51. The Morgan fingerprint density at radius 3 is 2.54 bits per heavy atom. The number of hydrogen-bond acceptors (Lipinski definition) is 3. The summed E-state index contributed by atoms with van der Waals surface area (Å²) in [4.78, 5) is 27.1. The number of benzene rings is 2. The molecular weight excluding hydrogens is 394 g/mol. The van der Waals surface area contributed by atoms with Gasteiger partial charge < -0.3 is 9.32 Å². The van der Waals surface area contributed by atoms with E-state index in [-0.39, 0.29) is 17.1 Å². The second-order valence-electron chi connectivity index (χ2n) is 5.68. The van der Waals surface area contributed by atoms with Crippen LogP contribution in [0, 0.1) is 0 Å². The van der Waals surface area contributed by atoms with Crippen molar-refractivity contribution in [1.29, 1.82) is 0 Å². The number of fused-ring (bicyclic) bond motifs is 2. The molecule has 1 aromatic heterocycles. The van der Waals surface area contributed by atoms with Crippen LogP contribution in [0.25, 0.3) is 11.0 Å². The average Bonchev–Trinajstić information content (AvgIpc) is 2.82. The zero-order valence-corrected chi connectivity index (χ0v) is 14.9. The molecule has 6 heteroatoms. The Bertz CT molecular complexity index is 1040. The molecular formula is C18H11BrClNO3. The number of nitrogens with zero attached hydrogens (tertiary/aromatic N) is 1.